The number of rotatable bonds is 1. The van der Waals surface area contributed by atoms with Crippen molar-refractivity contribution in [2.75, 3.05) is 0 Å². The van der Waals surface area contributed by atoms with Gasteiger partial charge < -0.3 is 10.3 Å². The molecule has 5 nitrogen and oxygen atoms in total. The number of hydrogen-bond acceptors (Lipinski definition) is 5. The zero-order chi connectivity index (χ0) is 12.7. The summed E-state index contributed by atoms with van der Waals surface area (Å²) in [5.41, 5.74) is 1.82. The molecule has 0 bridgehead atoms. The fourth-order valence-electron chi connectivity index (χ4n) is 1.67. The molecule has 0 aliphatic carbocycles. The average molecular weight is 274 g/mol. The molecule has 3 rings (SSSR count). The van der Waals surface area contributed by atoms with Gasteiger partial charge in [-0.1, -0.05) is 24.4 Å². The summed E-state index contributed by atoms with van der Waals surface area (Å²) >= 11 is 10.1. The zero-order valence-electron chi connectivity index (χ0n) is 8.93. The van der Waals surface area contributed by atoms with Crippen LogP contribution in [0.25, 0.3) is 11.4 Å². The molecule has 0 spiro atoms. The molecule has 7 heteroatoms. The quantitative estimate of drug-likeness (QED) is 0.759. The molecule has 0 fully saturated rings. The van der Waals surface area contributed by atoms with Crippen LogP contribution in [0.15, 0.2) is 24.5 Å². The lowest BCUT2D eigenvalue weighted by molar-refractivity contribution is -0.113. The van der Waals surface area contributed by atoms with E-state index < -0.39 is 0 Å². The number of fused-ring (bicyclic) bond motifs is 1. The minimum absolute atomic E-state index is 0.144. The number of nitrogens with zero attached hydrogens (tertiary/aromatic N) is 2. The Hall–Kier alpha value is -1.99. The summed E-state index contributed by atoms with van der Waals surface area (Å²) in [5.74, 6) is 0.209. The van der Waals surface area contributed by atoms with Crippen molar-refractivity contribution in [3.8, 4) is 11.4 Å². The second-order valence-corrected chi connectivity index (χ2v) is 4.48. The molecule has 0 atom stereocenters. The van der Waals surface area contributed by atoms with E-state index >= 15 is 0 Å². The highest BCUT2D eigenvalue weighted by atomic mass is 32.1. The molecule has 0 radical (unpaired) electrons. The first-order valence-corrected chi connectivity index (χ1v) is 5.89. The van der Waals surface area contributed by atoms with Crippen molar-refractivity contribution in [1.82, 2.24) is 20.3 Å². The second-order valence-electron chi connectivity index (χ2n) is 3.66. The smallest absolute Gasteiger partial charge is 0.269 e. The zero-order valence-corrected chi connectivity index (χ0v) is 10.6. The molecule has 3 heterocycles. The largest absolute Gasteiger partial charge is 0.335 e. The van der Waals surface area contributed by atoms with Crippen LogP contribution >= 0.6 is 24.4 Å². The first-order chi connectivity index (χ1) is 8.66. The van der Waals surface area contributed by atoms with Crippen LogP contribution in [0.4, 0.5) is 0 Å². The molecule has 88 valence electrons. The van der Waals surface area contributed by atoms with Crippen LogP contribution in [-0.2, 0) is 4.79 Å². The minimum Gasteiger partial charge on any atom is -0.335 e. The Kier molecular flexibility index (Phi) is 2.49. The van der Waals surface area contributed by atoms with Gasteiger partial charge in [-0.05, 0) is 12.1 Å². The number of carbonyl (C=O) groups excluding carboxylic acids is 1. The molecule has 2 aromatic rings. The Labute approximate surface area is 113 Å². The van der Waals surface area contributed by atoms with Crippen molar-refractivity contribution >= 4 is 40.2 Å². The minimum atomic E-state index is -0.383. The van der Waals surface area contributed by atoms with Crippen LogP contribution in [0.1, 0.15) is 11.4 Å². The van der Waals surface area contributed by atoms with E-state index in [1.54, 1.807) is 18.5 Å². The highest BCUT2D eigenvalue weighted by molar-refractivity contribution is 7.83. The summed E-state index contributed by atoms with van der Waals surface area (Å²) < 4.78 is 0. The molecular formula is C11H6N4OS2. The molecule has 2 N–H and O–H groups in total. The summed E-state index contributed by atoms with van der Waals surface area (Å²) in [6.07, 6.45) is 3.35. The lowest BCUT2D eigenvalue weighted by atomic mass is 10.2. The van der Waals surface area contributed by atoms with Gasteiger partial charge in [-0.3, -0.25) is 9.78 Å². The predicted octanol–water partition coefficient (Wildman–Crippen LogP) is 0.995. The summed E-state index contributed by atoms with van der Waals surface area (Å²) in [7, 11) is 0. The van der Waals surface area contributed by atoms with Crippen LogP contribution < -0.4 is 5.32 Å². The van der Waals surface area contributed by atoms with E-state index in [4.69, 9.17) is 24.4 Å². The normalized spacial score (nSPS) is 14.3. The van der Waals surface area contributed by atoms with Crippen LogP contribution in [0, 0.1) is 0 Å². The first-order valence-electron chi connectivity index (χ1n) is 5.07. The molecule has 1 amide bonds. The number of aromatic nitrogens is 3. The number of amides is 1. The number of hydrogen-bond donors (Lipinski definition) is 2. The van der Waals surface area contributed by atoms with E-state index in [2.05, 4.69) is 20.3 Å². The fraction of sp³-hybridized carbons (Fsp3) is 0. The van der Waals surface area contributed by atoms with Crippen LogP contribution in [-0.4, -0.2) is 30.7 Å². The monoisotopic (exact) mass is 274 g/mol. The summed E-state index contributed by atoms with van der Waals surface area (Å²) in [6.45, 7) is 0. The highest BCUT2D eigenvalue weighted by Gasteiger charge is 2.28. The number of imidazole rings is 1. The van der Waals surface area contributed by atoms with Gasteiger partial charge in [-0.15, -0.1) is 0 Å². The lowest BCUT2D eigenvalue weighted by Gasteiger charge is -2.12. The Morgan fingerprint density at radius 2 is 2.11 bits per heavy atom. The van der Waals surface area contributed by atoms with E-state index in [0.717, 1.165) is 5.56 Å². The third-order valence-electron chi connectivity index (χ3n) is 2.51. The number of pyridine rings is 1. The van der Waals surface area contributed by atoms with Gasteiger partial charge in [0.1, 0.15) is 27.1 Å². The third kappa shape index (κ3) is 1.64. The maximum Gasteiger partial charge on any atom is 0.269 e. The molecule has 0 aromatic carbocycles. The number of nitrogens with one attached hydrogen (secondary N) is 2. The van der Waals surface area contributed by atoms with Gasteiger partial charge in [0.25, 0.3) is 5.91 Å². The molecule has 18 heavy (non-hydrogen) atoms. The average Bonchev–Trinajstić information content (AvgIpc) is 2.83. The van der Waals surface area contributed by atoms with Gasteiger partial charge in [-0.2, -0.15) is 0 Å². The molecule has 0 unspecified atom stereocenters. The number of H-pyrrole nitrogens is 1. The molecule has 0 saturated heterocycles. The maximum atomic E-state index is 11.5. The van der Waals surface area contributed by atoms with E-state index in [1.807, 2.05) is 6.07 Å². The Morgan fingerprint density at radius 1 is 1.28 bits per heavy atom. The summed E-state index contributed by atoms with van der Waals surface area (Å²) in [4.78, 5) is 23.3. The number of aromatic amines is 1. The van der Waals surface area contributed by atoms with Crippen molar-refractivity contribution in [2.45, 2.75) is 0 Å². The van der Waals surface area contributed by atoms with Crippen molar-refractivity contribution in [2.24, 2.45) is 0 Å². The van der Waals surface area contributed by atoms with Gasteiger partial charge >= 0.3 is 0 Å². The summed E-state index contributed by atoms with van der Waals surface area (Å²) in [6, 6.07) is 3.66. The van der Waals surface area contributed by atoms with Gasteiger partial charge in [0.15, 0.2) is 0 Å². The fourth-order valence-corrected chi connectivity index (χ4v) is 2.11. The van der Waals surface area contributed by atoms with E-state index in [1.165, 1.54) is 0 Å². The Balaban J connectivity index is 2.16. The lowest BCUT2D eigenvalue weighted by Crippen LogP contribution is -2.41. The van der Waals surface area contributed by atoms with E-state index in [0.29, 0.717) is 22.2 Å². The molecule has 1 aliphatic rings. The van der Waals surface area contributed by atoms with Crippen molar-refractivity contribution in [3.05, 3.63) is 35.9 Å². The Morgan fingerprint density at radius 3 is 2.83 bits per heavy atom. The molecule has 1 aliphatic heterocycles. The number of carbonyl (C=O) groups is 1. The second kappa shape index (κ2) is 4.04. The standard InChI is InChI=1S/C11H6N4OS2/c16-10-8(17)6-7(11(18)15-10)14-9(13-6)5-2-1-3-12-4-5/h1-4H,(H,13,14)(H,15,16,18). The maximum absolute atomic E-state index is 11.5. The SMILES string of the molecule is O=C1NC(=S)c2[nH]c(-c3cccnc3)nc2C1=S. The predicted molar refractivity (Wildman–Crippen MR) is 73.4 cm³/mol. The third-order valence-corrected chi connectivity index (χ3v) is 3.20. The van der Waals surface area contributed by atoms with Gasteiger partial charge in [-0.25, -0.2) is 4.98 Å². The molecule has 0 saturated carbocycles. The topological polar surface area (TPSA) is 70.7 Å². The van der Waals surface area contributed by atoms with Crippen molar-refractivity contribution in [3.63, 3.8) is 0 Å². The van der Waals surface area contributed by atoms with Gasteiger partial charge in [0.05, 0.1) is 0 Å². The highest BCUT2D eigenvalue weighted by Crippen LogP contribution is 2.20. The van der Waals surface area contributed by atoms with Gasteiger partial charge in [0, 0.05) is 18.0 Å². The summed E-state index contributed by atoms with van der Waals surface area (Å²) in [5, 5.41) is 2.51. The first kappa shape index (κ1) is 11.1. The Bertz CT molecular complexity index is 678. The van der Waals surface area contributed by atoms with Crippen LogP contribution in [0.3, 0.4) is 0 Å². The molecular weight excluding hydrogens is 268 g/mol. The van der Waals surface area contributed by atoms with Crippen LogP contribution in [0.5, 0.6) is 0 Å². The number of thiocarbonyl (C=S) groups is 2. The van der Waals surface area contributed by atoms with Gasteiger partial charge in [0.2, 0.25) is 0 Å². The van der Waals surface area contributed by atoms with E-state index in [-0.39, 0.29) is 10.8 Å². The van der Waals surface area contributed by atoms with Crippen LogP contribution in [0.2, 0.25) is 0 Å². The molecule has 2 aromatic heterocycles. The van der Waals surface area contributed by atoms with Crippen molar-refractivity contribution < 1.29 is 4.79 Å². The van der Waals surface area contributed by atoms with E-state index in [9.17, 15) is 4.79 Å². The van der Waals surface area contributed by atoms with Crippen molar-refractivity contribution in [1.29, 1.82) is 0 Å².